The van der Waals surface area contributed by atoms with Gasteiger partial charge in [0.15, 0.2) is 0 Å². The molecule has 0 nitrogen and oxygen atoms in total. The first-order chi connectivity index (χ1) is 7.61. The zero-order chi connectivity index (χ0) is 12.0. The van der Waals surface area contributed by atoms with Crippen LogP contribution in [0, 0.1) is 24.0 Å². The second kappa shape index (κ2) is 8.70. The number of rotatable bonds is 2. The molecule has 0 saturated carbocycles. The molecule has 96 valence electrons. The maximum absolute atomic E-state index is 3.26. The van der Waals surface area contributed by atoms with Gasteiger partial charge in [-0.3, -0.25) is 12.2 Å². The van der Waals surface area contributed by atoms with Gasteiger partial charge >= 0.3 is 21.1 Å². The number of allylic oxidation sites excluding steroid dienone is 8. The van der Waals surface area contributed by atoms with Gasteiger partial charge in [-0.25, -0.2) is 23.3 Å². The van der Waals surface area contributed by atoms with Crippen molar-refractivity contribution >= 4 is 0 Å². The van der Waals surface area contributed by atoms with Crippen molar-refractivity contribution in [3.8, 4) is 0 Å². The smallest absolute Gasteiger partial charge is 1.00 e. The molecule has 0 fully saturated rings. The van der Waals surface area contributed by atoms with Gasteiger partial charge in [0.25, 0.3) is 0 Å². The first kappa shape index (κ1) is 16.6. The summed E-state index contributed by atoms with van der Waals surface area (Å²) in [6.07, 6.45) is 17.2. The summed E-state index contributed by atoms with van der Waals surface area (Å²) in [5.74, 6) is 1.32. The third kappa shape index (κ3) is 6.22. The van der Waals surface area contributed by atoms with Crippen molar-refractivity contribution in [2.45, 2.75) is 40.5 Å². The van der Waals surface area contributed by atoms with Crippen LogP contribution in [0.4, 0.5) is 0 Å². The zero-order valence-electron chi connectivity index (χ0n) is 13.3. The third-order valence-electron chi connectivity index (χ3n) is 2.69. The maximum atomic E-state index is 3.26. The van der Waals surface area contributed by atoms with Crippen LogP contribution >= 0.6 is 0 Å². The first-order valence-electron chi connectivity index (χ1n) is 6.15. The van der Waals surface area contributed by atoms with E-state index >= 15 is 0 Å². The minimum Gasteiger partial charge on any atom is -1.00 e. The molecular formula is C16H24Mo-2. The minimum atomic E-state index is 0. The van der Waals surface area contributed by atoms with Crippen LogP contribution in [0.3, 0.4) is 0 Å². The fourth-order valence-electron chi connectivity index (χ4n) is 1.64. The zero-order valence-corrected chi connectivity index (χ0v) is 13.3. The Kier molecular flexibility index (Phi) is 8.52. The summed E-state index contributed by atoms with van der Waals surface area (Å²) >= 11 is 0. The van der Waals surface area contributed by atoms with E-state index in [4.69, 9.17) is 0 Å². The van der Waals surface area contributed by atoms with E-state index in [9.17, 15) is 0 Å². The van der Waals surface area contributed by atoms with E-state index in [1.807, 2.05) is 0 Å². The predicted octanol–water partition coefficient (Wildman–Crippen LogP) is 4.89. The molecule has 2 aliphatic carbocycles. The van der Waals surface area contributed by atoms with Gasteiger partial charge < -0.3 is 2.85 Å². The van der Waals surface area contributed by atoms with Gasteiger partial charge in [0.2, 0.25) is 0 Å². The summed E-state index contributed by atoms with van der Waals surface area (Å²) in [4.78, 5) is 0. The van der Waals surface area contributed by atoms with Gasteiger partial charge in [0.05, 0.1) is 0 Å². The monoisotopic (exact) mass is 314 g/mol. The molecule has 0 bridgehead atoms. The maximum Gasteiger partial charge on any atom is 2.00 e. The Labute approximate surface area is 124 Å². The standard InChI is InChI=1S/2C8H11.Mo.2H/c2*1-7(2)8-5-3-4-6-8;;;/h2*3,5,7H,4H2,1-2H3;;;/q2*-1;+2;2*-1. The Hall–Kier alpha value is -0.352. The predicted molar refractivity (Wildman–Crippen MR) is 72.9 cm³/mol. The van der Waals surface area contributed by atoms with Crippen molar-refractivity contribution in [2.24, 2.45) is 11.8 Å². The van der Waals surface area contributed by atoms with Gasteiger partial charge in [0, 0.05) is 0 Å². The van der Waals surface area contributed by atoms with Gasteiger partial charge in [-0.2, -0.15) is 12.2 Å². The second-order valence-electron chi connectivity index (χ2n) is 4.79. The number of hydrogen-bond acceptors (Lipinski definition) is 0. The van der Waals surface area contributed by atoms with Crippen LogP contribution < -0.4 is 0 Å². The molecule has 0 amide bonds. The van der Waals surface area contributed by atoms with Crippen LogP contribution in [0.25, 0.3) is 0 Å². The molecule has 0 heterocycles. The quantitative estimate of drug-likeness (QED) is 0.503. The van der Waals surface area contributed by atoms with Crippen LogP contribution in [-0.4, -0.2) is 0 Å². The molecule has 0 atom stereocenters. The van der Waals surface area contributed by atoms with Crippen LogP contribution in [0.5, 0.6) is 0 Å². The molecule has 0 unspecified atom stereocenters. The van der Waals surface area contributed by atoms with E-state index in [2.05, 4.69) is 64.2 Å². The Balaban J connectivity index is -0.000000233. The molecule has 0 aliphatic heterocycles. The molecule has 0 aromatic carbocycles. The fourth-order valence-corrected chi connectivity index (χ4v) is 1.64. The van der Waals surface area contributed by atoms with Crippen LogP contribution in [-0.2, 0) is 21.1 Å². The van der Waals surface area contributed by atoms with E-state index in [0.29, 0.717) is 11.8 Å². The molecule has 0 saturated heterocycles. The van der Waals surface area contributed by atoms with Crippen molar-refractivity contribution in [3.63, 3.8) is 0 Å². The topological polar surface area (TPSA) is 0 Å². The Bertz CT molecular complexity index is 303. The van der Waals surface area contributed by atoms with E-state index in [1.54, 1.807) is 0 Å². The van der Waals surface area contributed by atoms with Gasteiger partial charge in [-0.15, -0.1) is 12.8 Å². The average molecular weight is 312 g/mol. The van der Waals surface area contributed by atoms with Gasteiger partial charge in [0.1, 0.15) is 0 Å². The fraction of sp³-hybridized carbons (Fsp3) is 0.500. The van der Waals surface area contributed by atoms with Crippen molar-refractivity contribution < 1.29 is 23.9 Å². The van der Waals surface area contributed by atoms with Crippen LogP contribution in [0.2, 0.25) is 0 Å². The SMILES string of the molecule is CC(C)C1=[C-]CC=C1.CC(C)C1=[C-]CC=C1.[H-].[H-].[Mo+2]. The Morgan fingerprint density at radius 1 is 0.882 bits per heavy atom. The molecular weight excluding hydrogens is 288 g/mol. The van der Waals surface area contributed by atoms with Crippen LogP contribution in [0.15, 0.2) is 35.5 Å². The summed E-state index contributed by atoms with van der Waals surface area (Å²) in [5.41, 5.74) is 2.73. The minimum absolute atomic E-state index is 0. The molecule has 2 rings (SSSR count). The second-order valence-corrected chi connectivity index (χ2v) is 4.79. The Morgan fingerprint density at radius 2 is 1.24 bits per heavy atom. The van der Waals surface area contributed by atoms with Crippen molar-refractivity contribution in [1.82, 2.24) is 0 Å². The first-order valence-corrected chi connectivity index (χ1v) is 6.15. The average Bonchev–Trinajstić information content (AvgIpc) is 2.93. The molecule has 2 aliphatic rings. The summed E-state index contributed by atoms with van der Waals surface area (Å²) in [5, 5.41) is 0. The molecule has 0 aromatic heterocycles. The largest absolute Gasteiger partial charge is 2.00 e. The third-order valence-corrected chi connectivity index (χ3v) is 2.69. The van der Waals surface area contributed by atoms with E-state index < -0.39 is 0 Å². The molecule has 0 N–H and O–H groups in total. The molecule has 0 spiro atoms. The molecule has 0 aromatic rings. The normalized spacial score (nSPS) is 16.6. The van der Waals surface area contributed by atoms with E-state index in [0.717, 1.165) is 12.8 Å². The summed E-state index contributed by atoms with van der Waals surface area (Å²) in [6, 6.07) is 0. The van der Waals surface area contributed by atoms with Crippen molar-refractivity contribution in [2.75, 3.05) is 0 Å². The molecule has 0 radical (unpaired) electrons. The Morgan fingerprint density at radius 3 is 1.35 bits per heavy atom. The summed E-state index contributed by atoms with van der Waals surface area (Å²) in [7, 11) is 0. The molecule has 17 heavy (non-hydrogen) atoms. The molecule has 1 heteroatoms. The van der Waals surface area contributed by atoms with Gasteiger partial charge in [-0.1, -0.05) is 39.5 Å². The van der Waals surface area contributed by atoms with Crippen LogP contribution in [0.1, 0.15) is 43.4 Å². The summed E-state index contributed by atoms with van der Waals surface area (Å²) < 4.78 is 0. The van der Waals surface area contributed by atoms with E-state index in [1.165, 1.54) is 11.1 Å². The number of hydrogen-bond donors (Lipinski definition) is 0. The van der Waals surface area contributed by atoms with Gasteiger partial charge in [-0.05, 0) is 0 Å². The van der Waals surface area contributed by atoms with Crippen molar-refractivity contribution in [3.05, 3.63) is 47.6 Å². The summed E-state index contributed by atoms with van der Waals surface area (Å²) in [6.45, 7) is 8.77. The van der Waals surface area contributed by atoms with Crippen molar-refractivity contribution in [1.29, 1.82) is 0 Å². The van der Waals surface area contributed by atoms with E-state index in [-0.39, 0.29) is 23.9 Å².